The summed E-state index contributed by atoms with van der Waals surface area (Å²) in [7, 11) is 0. The molecule has 88 valence electrons. The lowest BCUT2D eigenvalue weighted by Gasteiger charge is -2.11. The van der Waals surface area contributed by atoms with Gasteiger partial charge in [0, 0.05) is 0 Å². The quantitative estimate of drug-likeness (QED) is 0.297. The maximum atomic E-state index is 11.7. The molecule has 0 fully saturated rings. The van der Waals surface area contributed by atoms with E-state index < -0.39 is 6.04 Å². The number of aryl methyl sites for hydroxylation is 1. The van der Waals surface area contributed by atoms with Gasteiger partial charge in [0.15, 0.2) is 5.84 Å². The molecule has 1 aromatic heterocycles. The molecule has 0 radical (unpaired) electrons. The Morgan fingerprint density at radius 3 is 3.00 bits per heavy atom. The molecule has 0 saturated carbocycles. The molecule has 1 amide bonds. The van der Waals surface area contributed by atoms with Crippen LogP contribution in [0.3, 0.4) is 0 Å². The van der Waals surface area contributed by atoms with Crippen molar-refractivity contribution in [3.05, 3.63) is 10.6 Å². The van der Waals surface area contributed by atoms with Gasteiger partial charge in [-0.15, -0.1) is 5.10 Å². The Hall–Kier alpha value is -1.70. The van der Waals surface area contributed by atoms with E-state index in [1.54, 1.807) is 6.92 Å². The predicted octanol–water partition coefficient (Wildman–Crippen LogP) is -0.0348. The van der Waals surface area contributed by atoms with Gasteiger partial charge in [-0.1, -0.05) is 16.6 Å². The van der Waals surface area contributed by atoms with E-state index >= 15 is 0 Å². The Bertz CT molecular complexity index is 403. The fraction of sp³-hybridized carbons (Fsp3) is 0.500. The molecule has 1 aromatic rings. The minimum atomic E-state index is -0.538. The Morgan fingerprint density at radius 2 is 2.44 bits per heavy atom. The zero-order valence-electron chi connectivity index (χ0n) is 8.97. The summed E-state index contributed by atoms with van der Waals surface area (Å²) in [5.74, 6) is -0.366. The first-order chi connectivity index (χ1) is 7.60. The minimum absolute atomic E-state index is 0.0520. The average molecular weight is 243 g/mol. The summed E-state index contributed by atoms with van der Waals surface area (Å²) in [6, 6.07) is -0.538. The minimum Gasteiger partial charge on any atom is -0.409 e. The SMILES string of the molecule is CCc1nnsc1C(=O)NC(C)C(N)=NO. The first-order valence-corrected chi connectivity index (χ1v) is 5.47. The van der Waals surface area contributed by atoms with Crippen LogP contribution in [0, 0.1) is 0 Å². The highest BCUT2D eigenvalue weighted by atomic mass is 32.1. The number of nitrogens with two attached hydrogens (primary N) is 1. The number of carbonyl (C=O) groups excluding carboxylic acids is 1. The molecule has 4 N–H and O–H groups in total. The molecule has 0 aromatic carbocycles. The van der Waals surface area contributed by atoms with E-state index in [9.17, 15) is 4.79 Å². The highest BCUT2D eigenvalue weighted by molar-refractivity contribution is 7.08. The van der Waals surface area contributed by atoms with Gasteiger partial charge in [0.25, 0.3) is 5.91 Å². The second kappa shape index (κ2) is 5.40. The van der Waals surface area contributed by atoms with Crippen LogP contribution in [0.4, 0.5) is 0 Å². The summed E-state index contributed by atoms with van der Waals surface area (Å²) in [6.07, 6.45) is 0.636. The third-order valence-corrected chi connectivity index (χ3v) is 2.77. The topological polar surface area (TPSA) is 113 Å². The Balaban J connectivity index is 2.73. The number of rotatable bonds is 4. The van der Waals surface area contributed by atoms with Crippen molar-refractivity contribution < 1.29 is 10.0 Å². The summed E-state index contributed by atoms with van der Waals surface area (Å²) in [5, 5.41) is 17.7. The molecule has 16 heavy (non-hydrogen) atoms. The van der Waals surface area contributed by atoms with Crippen LogP contribution >= 0.6 is 11.5 Å². The standard InChI is InChI=1S/C8H13N5O2S/c1-3-5-6(16-13-11-5)8(14)10-4(2)7(9)12-15/h4,15H,3H2,1-2H3,(H2,9,12)(H,10,14). The molecule has 0 aliphatic carbocycles. The van der Waals surface area contributed by atoms with Gasteiger partial charge in [-0.25, -0.2) is 0 Å². The lowest BCUT2D eigenvalue weighted by Crippen LogP contribution is -2.42. The Labute approximate surface area is 96.5 Å². The Morgan fingerprint density at radius 1 is 1.75 bits per heavy atom. The molecule has 1 atom stereocenters. The van der Waals surface area contributed by atoms with E-state index in [2.05, 4.69) is 20.1 Å². The van der Waals surface area contributed by atoms with Gasteiger partial charge in [0.2, 0.25) is 0 Å². The molecule has 0 saturated heterocycles. The first kappa shape index (κ1) is 12.4. The monoisotopic (exact) mass is 243 g/mol. The van der Waals surface area contributed by atoms with Crippen LogP contribution in [0.2, 0.25) is 0 Å². The zero-order chi connectivity index (χ0) is 12.1. The summed E-state index contributed by atoms with van der Waals surface area (Å²) in [4.78, 5) is 12.2. The number of hydrogen-bond donors (Lipinski definition) is 3. The fourth-order valence-electron chi connectivity index (χ4n) is 1.04. The smallest absolute Gasteiger partial charge is 0.265 e. The van der Waals surface area contributed by atoms with E-state index in [1.807, 2.05) is 6.92 Å². The highest BCUT2D eigenvalue weighted by Gasteiger charge is 2.18. The van der Waals surface area contributed by atoms with Crippen molar-refractivity contribution in [1.82, 2.24) is 14.9 Å². The van der Waals surface area contributed by atoms with Crippen molar-refractivity contribution >= 4 is 23.3 Å². The van der Waals surface area contributed by atoms with Gasteiger partial charge in [0.1, 0.15) is 4.88 Å². The van der Waals surface area contributed by atoms with Crippen LogP contribution in [0.25, 0.3) is 0 Å². The number of aromatic nitrogens is 2. The van der Waals surface area contributed by atoms with Crippen molar-refractivity contribution in [2.45, 2.75) is 26.3 Å². The van der Waals surface area contributed by atoms with Crippen molar-refractivity contribution in [3.63, 3.8) is 0 Å². The predicted molar refractivity (Wildman–Crippen MR) is 59.6 cm³/mol. The van der Waals surface area contributed by atoms with E-state index in [4.69, 9.17) is 10.9 Å². The lowest BCUT2D eigenvalue weighted by molar-refractivity contribution is 0.0951. The number of amidine groups is 1. The van der Waals surface area contributed by atoms with E-state index in [0.717, 1.165) is 11.5 Å². The Kier molecular flexibility index (Phi) is 4.18. The highest BCUT2D eigenvalue weighted by Crippen LogP contribution is 2.10. The van der Waals surface area contributed by atoms with E-state index in [0.29, 0.717) is 17.0 Å². The number of hydrogen-bond acceptors (Lipinski definition) is 6. The third-order valence-electron chi connectivity index (χ3n) is 2.00. The maximum Gasteiger partial charge on any atom is 0.265 e. The van der Waals surface area contributed by atoms with Crippen LogP contribution in [0.15, 0.2) is 5.16 Å². The summed E-state index contributed by atoms with van der Waals surface area (Å²) in [6.45, 7) is 3.51. The molecule has 1 rings (SSSR count). The molecule has 0 aliphatic heterocycles. The van der Waals surface area contributed by atoms with Gasteiger partial charge in [0.05, 0.1) is 11.7 Å². The van der Waals surface area contributed by atoms with Crippen LogP contribution in [0.5, 0.6) is 0 Å². The summed E-state index contributed by atoms with van der Waals surface area (Å²) < 4.78 is 3.71. The number of nitrogens with one attached hydrogen (secondary N) is 1. The van der Waals surface area contributed by atoms with E-state index in [1.165, 1.54) is 0 Å². The number of nitrogens with zero attached hydrogens (tertiary/aromatic N) is 3. The van der Waals surface area contributed by atoms with Crippen LogP contribution in [0.1, 0.15) is 29.2 Å². The molecule has 8 heteroatoms. The van der Waals surface area contributed by atoms with Gasteiger partial charge in [-0.05, 0) is 24.9 Å². The number of amides is 1. The van der Waals surface area contributed by atoms with Crippen LogP contribution < -0.4 is 11.1 Å². The normalized spacial score (nSPS) is 13.5. The first-order valence-electron chi connectivity index (χ1n) is 4.69. The van der Waals surface area contributed by atoms with Crippen LogP contribution in [-0.2, 0) is 6.42 Å². The van der Waals surface area contributed by atoms with Crippen molar-refractivity contribution in [2.75, 3.05) is 0 Å². The van der Waals surface area contributed by atoms with Crippen molar-refractivity contribution in [2.24, 2.45) is 10.9 Å². The summed E-state index contributed by atoms with van der Waals surface area (Å²) >= 11 is 1.03. The molecule has 0 spiro atoms. The number of oxime groups is 1. The molecule has 1 unspecified atom stereocenters. The molecular weight excluding hydrogens is 230 g/mol. The lowest BCUT2D eigenvalue weighted by atomic mass is 10.2. The van der Waals surface area contributed by atoms with Gasteiger partial charge in [-0.3, -0.25) is 4.79 Å². The molecular formula is C8H13N5O2S. The number of carbonyl (C=O) groups is 1. The molecule has 1 heterocycles. The van der Waals surface area contributed by atoms with Gasteiger partial charge < -0.3 is 16.3 Å². The molecule has 0 aliphatic rings. The largest absolute Gasteiger partial charge is 0.409 e. The average Bonchev–Trinajstić information content (AvgIpc) is 2.75. The molecule has 0 bridgehead atoms. The van der Waals surface area contributed by atoms with Crippen molar-refractivity contribution in [3.8, 4) is 0 Å². The molecule has 7 nitrogen and oxygen atoms in total. The van der Waals surface area contributed by atoms with E-state index in [-0.39, 0.29) is 11.7 Å². The van der Waals surface area contributed by atoms with Gasteiger partial charge in [-0.2, -0.15) is 0 Å². The second-order valence-corrected chi connectivity index (χ2v) is 3.88. The van der Waals surface area contributed by atoms with Crippen LogP contribution in [-0.4, -0.2) is 32.6 Å². The van der Waals surface area contributed by atoms with Crippen molar-refractivity contribution in [1.29, 1.82) is 0 Å². The fourth-order valence-corrected chi connectivity index (χ4v) is 1.69. The summed E-state index contributed by atoms with van der Waals surface area (Å²) in [5.41, 5.74) is 5.99. The maximum absolute atomic E-state index is 11.7. The zero-order valence-corrected chi connectivity index (χ0v) is 9.78. The second-order valence-electron chi connectivity index (χ2n) is 3.12. The third kappa shape index (κ3) is 2.66. The van der Waals surface area contributed by atoms with Gasteiger partial charge >= 0.3 is 0 Å².